The first-order chi connectivity index (χ1) is 12.0. The highest BCUT2D eigenvalue weighted by Crippen LogP contribution is 2.45. The van der Waals surface area contributed by atoms with Crippen molar-refractivity contribution in [2.45, 2.75) is 76.0 Å². The van der Waals surface area contributed by atoms with Crippen molar-refractivity contribution in [1.82, 2.24) is 0 Å². The molecule has 0 heterocycles. The van der Waals surface area contributed by atoms with Crippen LogP contribution < -0.4 is 0 Å². The van der Waals surface area contributed by atoms with Crippen LogP contribution in [0.5, 0.6) is 11.5 Å². The van der Waals surface area contributed by atoms with E-state index >= 15 is 0 Å². The van der Waals surface area contributed by atoms with E-state index in [9.17, 15) is 10.2 Å². The number of aryl methyl sites for hydroxylation is 4. The zero-order chi connectivity index (χ0) is 18.4. The van der Waals surface area contributed by atoms with E-state index in [-0.39, 0.29) is 0 Å². The van der Waals surface area contributed by atoms with E-state index in [1.54, 1.807) is 0 Å². The largest absolute Gasteiger partial charge is 0.506 e. The number of unbranched alkanes of at least 4 members (excludes halogenated alkanes) is 2. The monoisotopic (exact) mass is 358 g/mol. The highest BCUT2D eigenvalue weighted by Gasteiger charge is 2.17. The average Bonchev–Trinajstić information content (AvgIpc) is 2.59. The Labute approximate surface area is 156 Å². The summed E-state index contributed by atoms with van der Waals surface area (Å²) >= 11 is 1.49. The number of aromatic hydroxyl groups is 2. The molecular formula is C22H30O2S. The molecule has 25 heavy (non-hydrogen) atoms. The SMILES string of the molecule is CCCCc1ccc(C)c(Sc2c(C)ccc(CCCC)c2O)c1O. The Balaban J connectivity index is 2.39. The lowest BCUT2D eigenvalue weighted by Crippen LogP contribution is -1.93. The molecule has 0 aromatic heterocycles. The van der Waals surface area contributed by atoms with Crippen LogP contribution in [0.25, 0.3) is 0 Å². The third-order valence-electron chi connectivity index (χ3n) is 4.63. The average molecular weight is 359 g/mol. The van der Waals surface area contributed by atoms with Gasteiger partial charge in [0.05, 0.1) is 9.79 Å². The third-order valence-corrected chi connectivity index (χ3v) is 6.07. The van der Waals surface area contributed by atoms with Gasteiger partial charge in [0.2, 0.25) is 0 Å². The fourth-order valence-corrected chi connectivity index (χ4v) is 4.04. The van der Waals surface area contributed by atoms with E-state index in [0.29, 0.717) is 11.5 Å². The van der Waals surface area contributed by atoms with E-state index in [0.717, 1.165) is 70.6 Å². The van der Waals surface area contributed by atoms with Crippen molar-refractivity contribution in [2.24, 2.45) is 0 Å². The Morgan fingerprint density at radius 3 is 1.48 bits per heavy atom. The van der Waals surface area contributed by atoms with Gasteiger partial charge in [0.15, 0.2) is 0 Å². The van der Waals surface area contributed by atoms with Crippen LogP contribution in [0.15, 0.2) is 34.1 Å². The quantitative estimate of drug-likeness (QED) is 0.562. The summed E-state index contributed by atoms with van der Waals surface area (Å²) in [6.07, 6.45) is 6.12. The van der Waals surface area contributed by atoms with E-state index in [4.69, 9.17) is 0 Å². The fourth-order valence-electron chi connectivity index (χ4n) is 2.92. The number of phenolic OH excluding ortho intramolecular Hbond substituents is 2. The lowest BCUT2D eigenvalue weighted by atomic mass is 10.1. The molecule has 0 unspecified atom stereocenters. The zero-order valence-corrected chi connectivity index (χ0v) is 16.7. The van der Waals surface area contributed by atoms with Gasteiger partial charge in [-0.2, -0.15) is 0 Å². The fraction of sp³-hybridized carbons (Fsp3) is 0.455. The molecule has 0 bridgehead atoms. The molecule has 2 aromatic rings. The van der Waals surface area contributed by atoms with Gasteiger partial charge in [-0.15, -0.1) is 0 Å². The van der Waals surface area contributed by atoms with Crippen molar-refractivity contribution in [2.75, 3.05) is 0 Å². The maximum absolute atomic E-state index is 10.7. The van der Waals surface area contributed by atoms with Crippen molar-refractivity contribution in [3.63, 3.8) is 0 Å². The van der Waals surface area contributed by atoms with Gasteiger partial charge in [-0.3, -0.25) is 0 Å². The molecule has 0 amide bonds. The molecule has 0 radical (unpaired) electrons. The lowest BCUT2D eigenvalue weighted by molar-refractivity contribution is 0.450. The second-order valence-electron chi connectivity index (χ2n) is 6.75. The van der Waals surface area contributed by atoms with Gasteiger partial charge in [-0.1, -0.05) is 62.7 Å². The maximum Gasteiger partial charge on any atom is 0.132 e. The molecule has 2 nitrogen and oxygen atoms in total. The summed E-state index contributed by atoms with van der Waals surface area (Å²) in [4.78, 5) is 1.72. The van der Waals surface area contributed by atoms with Crippen molar-refractivity contribution in [1.29, 1.82) is 0 Å². The van der Waals surface area contributed by atoms with Crippen molar-refractivity contribution in [3.8, 4) is 11.5 Å². The summed E-state index contributed by atoms with van der Waals surface area (Å²) in [6.45, 7) is 8.34. The van der Waals surface area contributed by atoms with Crippen LogP contribution >= 0.6 is 11.8 Å². The molecule has 0 spiro atoms. The third kappa shape index (κ3) is 4.72. The molecule has 2 aromatic carbocycles. The first-order valence-corrected chi connectivity index (χ1v) is 10.1. The van der Waals surface area contributed by atoms with Crippen LogP contribution in [0.1, 0.15) is 61.8 Å². The summed E-state index contributed by atoms with van der Waals surface area (Å²) in [6, 6.07) is 8.18. The van der Waals surface area contributed by atoms with Crippen LogP contribution in [0.4, 0.5) is 0 Å². The summed E-state index contributed by atoms with van der Waals surface area (Å²) in [7, 11) is 0. The first-order valence-electron chi connectivity index (χ1n) is 9.30. The summed E-state index contributed by atoms with van der Waals surface area (Å²) in [5.41, 5.74) is 4.07. The molecule has 3 heteroatoms. The van der Waals surface area contributed by atoms with E-state index in [1.807, 2.05) is 26.0 Å². The molecule has 2 N–H and O–H groups in total. The number of benzene rings is 2. The summed E-state index contributed by atoms with van der Waals surface area (Å²) in [5.74, 6) is 0.743. The van der Waals surface area contributed by atoms with Gasteiger partial charge < -0.3 is 10.2 Å². The van der Waals surface area contributed by atoms with Crippen LogP contribution in [-0.2, 0) is 12.8 Å². The van der Waals surface area contributed by atoms with Crippen LogP contribution in [-0.4, -0.2) is 10.2 Å². The maximum atomic E-state index is 10.7. The van der Waals surface area contributed by atoms with E-state index < -0.39 is 0 Å². The van der Waals surface area contributed by atoms with Crippen molar-refractivity contribution in [3.05, 3.63) is 46.5 Å². The highest BCUT2D eigenvalue weighted by atomic mass is 32.2. The number of hydrogen-bond donors (Lipinski definition) is 2. The number of rotatable bonds is 8. The Morgan fingerprint density at radius 1 is 0.720 bits per heavy atom. The van der Waals surface area contributed by atoms with Crippen LogP contribution in [0.2, 0.25) is 0 Å². The molecule has 0 aliphatic carbocycles. The number of phenols is 2. The summed E-state index contributed by atoms with van der Waals surface area (Å²) in [5, 5.41) is 21.5. The van der Waals surface area contributed by atoms with E-state index in [1.165, 1.54) is 11.8 Å². The topological polar surface area (TPSA) is 40.5 Å². The molecule has 0 fully saturated rings. The van der Waals surface area contributed by atoms with Crippen molar-refractivity contribution >= 4 is 11.8 Å². The second kappa shape index (κ2) is 9.19. The normalized spacial score (nSPS) is 11.0. The zero-order valence-electron chi connectivity index (χ0n) is 15.9. The van der Waals surface area contributed by atoms with Gasteiger partial charge in [0, 0.05) is 0 Å². The van der Waals surface area contributed by atoms with Gasteiger partial charge in [-0.05, 0) is 61.8 Å². The van der Waals surface area contributed by atoms with Crippen LogP contribution in [0.3, 0.4) is 0 Å². The minimum atomic E-state index is 0.371. The Hall–Kier alpha value is -1.61. The molecule has 0 saturated carbocycles. The van der Waals surface area contributed by atoms with Gasteiger partial charge in [-0.25, -0.2) is 0 Å². The lowest BCUT2D eigenvalue weighted by Gasteiger charge is -2.16. The van der Waals surface area contributed by atoms with Crippen LogP contribution in [0, 0.1) is 13.8 Å². The second-order valence-corrected chi connectivity index (χ2v) is 7.77. The van der Waals surface area contributed by atoms with E-state index in [2.05, 4.69) is 26.0 Å². The Kier molecular flexibility index (Phi) is 7.24. The molecule has 0 saturated heterocycles. The molecular weight excluding hydrogens is 328 g/mol. The Morgan fingerprint density at radius 2 is 1.12 bits per heavy atom. The smallest absolute Gasteiger partial charge is 0.132 e. The van der Waals surface area contributed by atoms with Gasteiger partial charge in [0.1, 0.15) is 11.5 Å². The predicted molar refractivity (Wildman–Crippen MR) is 107 cm³/mol. The highest BCUT2D eigenvalue weighted by molar-refractivity contribution is 7.99. The predicted octanol–water partition coefficient (Wildman–Crippen LogP) is 6.55. The Bertz CT molecular complexity index is 661. The van der Waals surface area contributed by atoms with Crippen molar-refractivity contribution < 1.29 is 10.2 Å². The summed E-state index contributed by atoms with van der Waals surface area (Å²) < 4.78 is 0. The minimum absolute atomic E-state index is 0.371. The molecule has 2 rings (SSSR count). The van der Waals surface area contributed by atoms with Gasteiger partial charge in [0.25, 0.3) is 0 Å². The minimum Gasteiger partial charge on any atom is -0.506 e. The molecule has 0 aliphatic rings. The first kappa shape index (κ1) is 19.7. The number of hydrogen-bond acceptors (Lipinski definition) is 3. The van der Waals surface area contributed by atoms with Gasteiger partial charge >= 0.3 is 0 Å². The molecule has 0 aliphatic heterocycles. The molecule has 0 atom stereocenters. The standard InChI is InChI=1S/C22H30O2S/c1-5-7-9-17-13-11-15(3)21(19(17)23)25-22-16(4)12-14-18(20(22)24)10-8-6-2/h11-14,23-24H,5-10H2,1-4H3. The molecule has 136 valence electrons.